The lowest BCUT2D eigenvalue weighted by Crippen LogP contribution is -2.63. The fourth-order valence-corrected chi connectivity index (χ4v) is 5.94. The van der Waals surface area contributed by atoms with E-state index in [0.717, 1.165) is 18.2 Å². The molecule has 1 aliphatic carbocycles. The Balaban J connectivity index is 1.23. The number of esters is 4. The molecule has 296 valence electrons. The Hall–Kier alpha value is -6.43. The zero-order chi connectivity index (χ0) is 40.7. The highest BCUT2D eigenvalue weighted by Gasteiger charge is 2.58. The Labute approximate surface area is 324 Å². The normalized spacial score (nSPS) is 25.5. The SMILES string of the molecule is O=C(OCC1OC(Oc2ccc(O)cc2COC(=O)C2(O)C(O)C=CC(=O)C2OC(=O)c2ccccc2)C(OC(=O)c2ccccc2)C(O)C1O)c1ccccc1. The van der Waals surface area contributed by atoms with Gasteiger partial charge in [-0.05, 0) is 66.7 Å². The number of ketones is 1. The lowest BCUT2D eigenvalue weighted by molar-refractivity contribution is -0.276. The summed E-state index contributed by atoms with van der Waals surface area (Å²) in [5, 5.41) is 54.8. The minimum atomic E-state index is -3.12. The molecule has 5 N–H and O–H groups in total. The molecule has 6 rings (SSSR count). The zero-order valence-electron chi connectivity index (χ0n) is 29.7. The van der Waals surface area contributed by atoms with Crippen LogP contribution in [0.15, 0.2) is 121 Å². The molecule has 2 aliphatic rings. The third kappa shape index (κ3) is 9.01. The van der Waals surface area contributed by atoms with Gasteiger partial charge in [-0.3, -0.25) is 4.79 Å². The number of rotatable bonds is 12. The van der Waals surface area contributed by atoms with E-state index in [1.807, 2.05) is 0 Å². The Morgan fingerprint density at radius 3 is 1.86 bits per heavy atom. The summed E-state index contributed by atoms with van der Waals surface area (Å²) in [5.41, 5.74) is -2.99. The molecule has 57 heavy (non-hydrogen) atoms. The van der Waals surface area contributed by atoms with Crippen LogP contribution in [-0.2, 0) is 39.9 Å². The van der Waals surface area contributed by atoms with Crippen LogP contribution >= 0.6 is 0 Å². The van der Waals surface area contributed by atoms with E-state index in [9.17, 15) is 49.5 Å². The van der Waals surface area contributed by atoms with Crippen molar-refractivity contribution in [1.29, 1.82) is 0 Å². The fraction of sp³-hybridized carbons (Fsp3) is 0.244. The molecule has 0 saturated carbocycles. The van der Waals surface area contributed by atoms with Crippen LogP contribution in [0.1, 0.15) is 36.6 Å². The molecule has 0 spiro atoms. The van der Waals surface area contributed by atoms with Crippen molar-refractivity contribution < 1.29 is 77.9 Å². The number of aromatic hydroxyl groups is 1. The van der Waals surface area contributed by atoms with E-state index in [1.165, 1.54) is 60.7 Å². The van der Waals surface area contributed by atoms with Crippen LogP contribution in [0.2, 0.25) is 0 Å². The summed E-state index contributed by atoms with van der Waals surface area (Å²) < 4.78 is 33.4. The molecular formula is C41H36O16. The van der Waals surface area contributed by atoms with Crippen LogP contribution in [0.25, 0.3) is 0 Å². The van der Waals surface area contributed by atoms with Gasteiger partial charge in [-0.25, -0.2) is 19.2 Å². The number of aliphatic hydroxyl groups is 4. The summed E-state index contributed by atoms with van der Waals surface area (Å²) in [6.45, 7) is -1.41. The van der Waals surface area contributed by atoms with Crippen molar-refractivity contribution in [3.05, 3.63) is 144 Å². The molecule has 4 aromatic carbocycles. The molecule has 16 heteroatoms. The lowest BCUT2D eigenvalue weighted by Gasteiger charge is -2.41. The van der Waals surface area contributed by atoms with Crippen molar-refractivity contribution in [1.82, 2.24) is 0 Å². The van der Waals surface area contributed by atoms with Crippen LogP contribution in [0.5, 0.6) is 11.5 Å². The monoisotopic (exact) mass is 784 g/mol. The molecule has 0 radical (unpaired) electrons. The summed E-state index contributed by atoms with van der Waals surface area (Å²) in [6.07, 6.45) is -11.2. The molecule has 4 aromatic rings. The molecule has 16 nitrogen and oxygen atoms in total. The number of hydrogen-bond acceptors (Lipinski definition) is 16. The Bertz CT molecular complexity index is 2110. The van der Waals surface area contributed by atoms with Crippen LogP contribution < -0.4 is 4.74 Å². The van der Waals surface area contributed by atoms with E-state index in [4.69, 9.17) is 28.4 Å². The summed E-state index contributed by atoms with van der Waals surface area (Å²) in [7, 11) is 0. The van der Waals surface area contributed by atoms with E-state index >= 15 is 0 Å². The van der Waals surface area contributed by atoms with Gasteiger partial charge in [-0.2, -0.15) is 0 Å². The number of carbonyl (C=O) groups is 5. The molecule has 8 unspecified atom stereocenters. The summed E-state index contributed by atoms with van der Waals surface area (Å²) in [6, 6.07) is 26.4. The first-order valence-electron chi connectivity index (χ1n) is 17.4. The molecule has 8 atom stereocenters. The van der Waals surface area contributed by atoms with Crippen LogP contribution in [-0.4, -0.2) is 110 Å². The van der Waals surface area contributed by atoms with Gasteiger partial charge in [0.2, 0.25) is 18.0 Å². The van der Waals surface area contributed by atoms with Crippen LogP contribution in [0.4, 0.5) is 0 Å². The zero-order valence-corrected chi connectivity index (χ0v) is 29.7. The molecule has 0 aromatic heterocycles. The van der Waals surface area contributed by atoms with Crippen molar-refractivity contribution in [2.24, 2.45) is 0 Å². The average molecular weight is 785 g/mol. The van der Waals surface area contributed by atoms with Gasteiger partial charge in [0.25, 0.3) is 0 Å². The second-order valence-corrected chi connectivity index (χ2v) is 12.9. The maximum atomic E-state index is 13.5. The number of phenolic OH excluding ortho intramolecular Hbond substituents is 1. The molecule has 1 aliphatic heterocycles. The summed E-state index contributed by atoms with van der Waals surface area (Å²) in [5.74, 6) is -5.98. The van der Waals surface area contributed by atoms with Gasteiger partial charge in [-0.1, -0.05) is 54.6 Å². The van der Waals surface area contributed by atoms with Crippen molar-refractivity contribution in [3.8, 4) is 11.5 Å². The largest absolute Gasteiger partial charge is 0.508 e. The number of carbonyl (C=O) groups excluding carboxylic acids is 5. The Kier molecular flexibility index (Phi) is 12.4. The number of aliphatic hydroxyl groups excluding tert-OH is 3. The number of benzene rings is 4. The smallest absolute Gasteiger partial charge is 0.346 e. The van der Waals surface area contributed by atoms with E-state index in [-0.39, 0.29) is 33.8 Å². The highest BCUT2D eigenvalue weighted by Crippen LogP contribution is 2.33. The van der Waals surface area contributed by atoms with Crippen molar-refractivity contribution in [3.63, 3.8) is 0 Å². The standard InChI is InChI=1S/C41H36O16/c42-27-16-18-29(26(20-27)21-53-40(50)41(51)31(44)19-17-28(43)35(41)57-38(49)25-14-8-3-9-15-25)54-39-34(56-37(48)24-12-6-2-7-13-24)33(46)32(45)30(55-39)22-52-36(47)23-10-4-1-5-11-23/h1-20,30-35,39,42,44-46,51H,21-22H2. The topological polar surface area (TPSA) is 242 Å². The number of phenols is 1. The second-order valence-electron chi connectivity index (χ2n) is 12.9. The number of hydrogen-bond donors (Lipinski definition) is 5. The predicted molar refractivity (Wildman–Crippen MR) is 192 cm³/mol. The minimum absolute atomic E-state index is 0.0153. The maximum Gasteiger partial charge on any atom is 0.346 e. The third-order valence-corrected chi connectivity index (χ3v) is 9.04. The molecule has 1 saturated heterocycles. The predicted octanol–water partition coefficient (Wildman–Crippen LogP) is 1.80. The number of ether oxygens (including phenoxy) is 6. The van der Waals surface area contributed by atoms with Crippen LogP contribution in [0, 0.1) is 0 Å². The molecular weight excluding hydrogens is 748 g/mol. The molecule has 1 fully saturated rings. The van der Waals surface area contributed by atoms with Gasteiger partial charge in [0.15, 0.2) is 11.9 Å². The Morgan fingerprint density at radius 1 is 0.702 bits per heavy atom. The lowest BCUT2D eigenvalue weighted by atomic mass is 9.83. The van der Waals surface area contributed by atoms with Gasteiger partial charge < -0.3 is 54.0 Å². The van der Waals surface area contributed by atoms with Crippen molar-refractivity contribution >= 4 is 29.7 Å². The van der Waals surface area contributed by atoms with Gasteiger partial charge in [0.05, 0.1) is 16.7 Å². The molecule has 0 amide bonds. The quantitative estimate of drug-likeness (QED) is 0.102. The summed E-state index contributed by atoms with van der Waals surface area (Å²) in [4.78, 5) is 65.0. The first kappa shape index (κ1) is 40.2. The average Bonchev–Trinajstić information content (AvgIpc) is 3.23. The highest BCUT2D eigenvalue weighted by atomic mass is 16.7. The maximum absolute atomic E-state index is 13.5. The Morgan fingerprint density at radius 2 is 1.26 bits per heavy atom. The second kappa shape index (κ2) is 17.6. The first-order valence-corrected chi connectivity index (χ1v) is 17.4. The molecule has 0 bridgehead atoms. The van der Waals surface area contributed by atoms with E-state index < -0.39 is 91.4 Å². The van der Waals surface area contributed by atoms with Gasteiger partial charge in [0, 0.05) is 5.56 Å². The highest BCUT2D eigenvalue weighted by molar-refractivity contribution is 6.03. The van der Waals surface area contributed by atoms with E-state index in [2.05, 4.69) is 0 Å². The van der Waals surface area contributed by atoms with Crippen LogP contribution in [0.3, 0.4) is 0 Å². The fourth-order valence-electron chi connectivity index (χ4n) is 5.94. The van der Waals surface area contributed by atoms with Gasteiger partial charge in [-0.15, -0.1) is 0 Å². The van der Waals surface area contributed by atoms with E-state index in [0.29, 0.717) is 0 Å². The third-order valence-electron chi connectivity index (χ3n) is 9.04. The first-order chi connectivity index (χ1) is 27.4. The van der Waals surface area contributed by atoms with Gasteiger partial charge >= 0.3 is 23.9 Å². The summed E-state index contributed by atoms with van der Waals surface area (Å²) >= 11 is 0. The molecule has 1 heterocycles. The minimum Gasteiger partial charge on any atom is -0.508 e. The van der Waals surface area contributed by atoms with Crippen molar-refractivity contribution in [2.45, 2.75) is 55.1 Å². The van der Waals surface area contributed by atoms with E-state index in [1.54, 1.807) is 42.5 Å². The van der Waals surface area contributed by atoms with Gasteiger partial charge in [0.1, 0.15) is 49.1 Å². The van der Waals surface area contributed by atoms with Crippen molar-refractivity contribution in [2.75, 3.05) is 6.61 Å².